The number of carbonyl (C=O) groups is 1. The third-order valence-corrected chi connectivity index (χ3v) is 1.77. The van der Waals surface area contributed by atoms with Gasteiger partial charge in [0.25, 0.3) is 0 Å². The molecule has 16 heavy (non-hydrogen) atoms. The number of benzene rings is 1. The second-order valence-corrected chi connectivity index (χ2v) is 2.88. The molecule has 0 saturated heterocycles. The minimum Gasteiger partial charge on any atom is -0.464 e. The van der Waals surface area contributed by atoms with E-state index in [1.807, 2.05) is 0 Å². The van der Waals surface area contributed by atoms with E-state index >= 15 is 0 Å². The van der Waals surface area contributed by atoms with Crippen LogP contribution in [0.15, 0.2) is 17.8 Å². The molecule has 3 nitrogen and oxygen atoms in total. The molecule has 0 radical (unpaired) electrons. The maximum Gasteiger partial charge on any atom is 0.353 e. The van der Waals surface area contributed by atoms with Gasteiger partial charge < -0.3 is 10.5 Å². The van der Waals surface area contributed by atoms with Crippen LogP contribution < -0.4 is 5.73 Å². The maximum absolute atomic E-state index is 13.1. The van der Waals surface area contributed by atoms with Gasteiger partial charge in [0, 0.05) is 11.6 Å². The summed E-state index contributed by atoms with van der Waals surface area (Å²) in [7, 11) is 1.09. The number of rotatable bonds is 2. The number of hydrogen-bond acceptors (Lipinski definition) is 3. The van der Waals surface area contributed by atoms with Crippen molar-refractivity contribution in [1.82, 2.24) is 0 Å². The van der Waals surface area contributed by atoms with E-state index < -0.39 is 29.1 Å². The van der Waals surface area contributed by atoms with Gasteiger partial charge in [-0.25, -0.2) is 18.0 Å². The molecule has 0 aliphatic heterocycles. The molecule has 0 saturated carbocycles. The van der Waals surface area contributed by atoms with Crippen molar-refractivity contribution in [3.63, 3.8) is 0 Å². The van der Waals surface area contributed by atoms with Gasteiger partial charge in [0.05, 0.1) is 7.11 Å². The van der Waals surface area contributed by atoms with Crippen LogP contribution >= 0.6 is 0 Å². The van der Waals surface area contributed by atoms with E-state index in [2.05, 4.69) is 4.74 Å². The van der Waals surface area contributed by atoms with E-state index in [-0.39, 0.29) is 5.56 Å². The molecule has 1 rings (SSSR count). The van der Waals surface area contributed by atoms with Crippen molar-refractivity contribution in [2.45, 2.75) is 0 Å². The van der Waals surface area contributed by atoms with Crippen LogP contribution in [0, 0.1) is 17.5 Å². The number of carbonyl (C=O) groups excluding carboxylic acids is 1. The van der Waals surface area contributed by atoms with Crippen LogP contribution in [0.3, 0.4) is 0 Å². The largest absolute Gasteiger partial charge is 0.464 e. The second kappa shape index (κ2) is 4.69. The molecule has 86 valence electrons. The van der Waals surface area contributed by atoms with Crippen molar-refractivity contribution >= 4 is 12.0 Å². The normalized spacial score (nSPS) is 11.4. The van der Waals surface area contributed by atoms with Gasteiger partial charge in [-0.2, -0.15) is 0 Å². The van der Waals surface area contributed by atoms with E-state index in [0.29, 0.717) is 12.1 Å². The van der Waals surface area contributed by atoms with Crippen molar-refractivity contribution in [3.05, 3.63) is 40.8 Å². The summed E-state index contributed by atoms with van der Waals surface area (Å²) in [6, 6.07) is 0.964. The summed E-state index contributed by atoms with van der Waals surface area (Å²) in [5, 5.41) is 0. The van der Waals surface area contributed by atoms with Crippen molar-refractivity contribution < 1.29 is 22.7 Å². The maximum atomic E-state index is 13.1. The molecule has 0 amide bonds. The number of methoxy groups -OCH3 is 1. The average Bonchev–Trinajstić information content (AvgIpc) is 2.24. The lowest BCUT2D eigenvalue weighted by Crippen LogP contribution is -2.12. The first-order chi connectivity index (χ1) is 7.45. The summed E-state index contributed by atoms with van der Waals surface area (Å²) in [4.78, 5) is 10.9. The minimum absolute atomic E-state index is 0.332. The first kappa shape index (κ1) is 12.1. The van der Waals surface area contributed by atoms with Crippen molar-refractivity contribution in [3.8, 4) is 0 Å². The van der Waals surface area contributed by atoms with Crippen molar-refractivity contribution in [1.29, 1.82) is 0 Å². The fraction of sp³-hybridized carbons (Fsp3) is 0.100. The summed E-state index contributed by atoms with van der Waals surface area (Å²) in [5.41, 5.74) is 4.48. The van der Waals surface area contributed by atoms with Gasteiger partial charge in [-0.1, -0.05) is 0 Å². The van der Waals surface area contributed by atoms with Crippen LogP contribution in [0.4, 0.5) is 13.2 Å². The Hall–Kier alpha value is -1.98. The van der Waals surface area contributed by atoms with Crippen molar-refractivity contribution in [2.24, 2.45) is 5.73 Å². The molecule has 0 bridgehead atoms. The summed E-state index contributed by atoms with van der Waals surface area (Å²) in [5.74, 6) is -4.45. The molecule has 1 aromatic rings. The molecule has 1 aromatic carbocycles. The van der Waals surface area contributed by atoms with Crippen LogP contribution in [-0.4, -0.2) is 13.1 Å². The third-order valence-electron chi connectivity index (χ3n) is 1.77. The molecule has 6 heteroatoms. The number of halogens is 3. The molecule has 0 aromatic heterocycles. The Balaban J connectivity index is 3.15. The van der Waals surface area contributed by atoms with Crippen LogP contribution in [0.25, 0.3) is 6.08 Å². The van der Waals surface area contributed by atoms with E-state index in [0.717, 1.165) is 13.2 Å². The SMILES string of the molecule is COC(=O)/C(N)=C/c1cc(F)c(F)cc1F. The fourth-order valence-corrected chi connectivity index (χ4v) is 0.993. The number of nitrogens with two attached hydrogens (primary N) is 1. The van der Waals surface area contributed by atoms with Crippen molar-refractivity contribution in [2.75, 3.05) is 7.11 Å². The minimum atomic E-state index is -1.31. The predicted octanol–water partition coefficient (Wildman–Crippen LogP) is 1.58. The van der Waals surface area contributed by atoms with Gasteiger partial charge in [0.2, 0.25) is 0 Å². The Labute approximate surface area is 89.3 Å². The highest BCUT2D eigenvalue weighted by molar-refractivity contribution is 5.92. The predicted molar refractivity (Wildman–Crippen MR) is 50.5 cm³/mol. The smallest absolute Gasteiger partial charge is 0.353 e. The van der Waals surface area contributed by atoms with E-state index in [9.17, 15) is 18.0 Å². The molecule has 0 spiro atoms. The first-order valence-corrected chi connectivity index (χ1v) is 4.15. The summed E-state index contributed by atoms with van der Waals surface area (Å²) in [6.07, 6.45) is 0.865. The molecule has 0 fully saturated rings. The van der Waals surface area contributed by atoms with E-state index in [1.54, 1.807) is 0 Å². The Morgan fingerprint density at radius 1 is 1.25 bits per heavy atom. The number of ether oxygens (including phenoxy) is 1. The molecular formula is C10H8F3NO2. The Bertz CT molecular complexity index is 458. The quantitative estimate of drug-likeness (QED) is 0.477. The molecule has 0 aliphatic rings. The lowest BCUT2D eigenvalue weighted by Gasteiger charge is -2.01. The molecular weight excluding hydrogens is 223 g/mol. The fourth-order valence-electron chi connectivity index (χ4n) is 0.993. The summed E-state index contributed by atoms with van der Waals surface area (Å²) in [6.45, 7) is 0. The zero-order chi connectivity index (χ0) is 12.3. The van der Waals surface area contributed by atoms with Gasteiger partial charge in [-0.05, 0) is 12.1 Å². The van der Waals surface area contributed by atoms with Gasteiger partial charge >= 0.3 is 5.97 Å². The summed E-state index contributed by atoms with van der Waals surface area (Å²) < 4.78 is 42.7. The second-order valence-electron chi connectivity index (χ2n) is 2.88. The molecule has 0 heterocycles. The third kappa shape index (κ3) is 2.53. The van der Waals surface area contributed by atoms with Crippen LogP contribution in [0.1, 0.15) is 5.56 Å². The van der Waals surface area contributed by atoms with Crippen LogP contribution in [0.5, 0.6) is 0 Å². The first-order valence-electron chi connectivity index (χ1n) is 4.15. The van der Waals surface area contributed by atoms with Gasteiger partial charge in [0.15, 0.2) is 11.6 Å². The highest BCUT2D eigenvalue weighted by Crippen LogP contribution is 2.15. The van der Waals surface area contributed by atoms with Crippen LogP contribution in [0.2, 0.25) is 0 Å². The van der Waals surface area contributed by atoms with Gasteiger partial charge in [-0.15, -0.1) is 0 Å². The summed E-state index contributed by atoms with van der Waals surface area (Å²) >= 11 is 0. The average molecular weight is 231 g/mol. The standard InChI is InChI=1S/C10H8F3NO2/c1-16-10(15)9(14)3-5-2-7(12)8(13)4-6(5)11/h2-4H,14H2,1H3/b9-3-. The van der Waals surface area contributed by atoms with Gasteiger partial charge in [-0.3, -0.25) is 0 Å². The zero-order valence-corrected chi connectivity index (χ0v) is 8.26. The lowest BCUT2D eigenvalue weighted by atomic mass is 10.1. The monoisotopic (exact) mass is 231 g/mol. The topological polar surface area (TPSA) is 52.3 Å². The van der Waals surface area contributed by atoms with E-state index in [4.69, 9.17) is 5.73 Å². The van der Waals surface area contributed by atoms with E-state index in [1.165, 1.54) is 0 Å². The molecule has 0 aliphatic carbocycles. The number of esters is 1. The highest BCUT2D eigenvalue weighted by Gasteiger charge is 2.10. The molecule has 0 unspecified atom stereocenters. The Morgan fingerprint density at radius 2 is 1.81 bits per heavy atom. The Morgan fingerprint density at radius 3 is 2.38 bits per heavy atom. The molecule has 0 atom stereocenters. The van der Waals surface area contributed by atoms with Crippen LogP contribution in [-0.2, 0) is 9.53 Å². The highest BCUT2D eigenvalue weighted by atomic mass is 19.2. The molecule has 2 N–H and O–H groups in total. The zero-order valence-electron chi connectivity index (χ0n) is 8.26. The Kier molecular flexibility index (Phi) is 3.55. The number of hydrogen-bond donors (Lipinski definition) is 1. The van der Waals surface area contributed by atoms with Gasteiger partial charge in [0.1, 0.15) is 11.5 Å². The lowest BCUT2D eigenvalue weighted by molar-refractivity contribution is -0.136.